The molecule has 0 saturated carbocycles. The molecule has 2 heterocycles. The number of halogens is 2. The molecule has 0 aliphatic carbocycles. The van der Waals surface area contributed by atoms with Crippen molar-refractivity contribution in [2.45, 2.75) is 0 Å². The Morgan fingerprint density at radius 2 is 1.70 bits per heavy atom. The Morgan fingerprint density at radius 1 is 1.04 bits per heavy atom. The summed E-state index contributed by atoms with van der Waals surface area (Å²) in [6.45, 7) is 1.81. The first kappa shape index (κ1) is 16.0. The fraction of sp³-hybridized carbons (Fsp3) is 0.250. The maximum Gasteiger partial charge on any atom is 0.255 e. The van der Waals surface area contributed by atoms with Gasteiger partial charge < -0.3 is 9.80 Å². The molecule has 0 unspecified atom stereocenters. The molecular formula is C16H14ClFN2O2S. The van der Waals surface area contributed by atoms with E-state index in [1.54, 1.807) is 15.9 Å². The fourth-order valence-corrected chi connectivity index (χ4v) is 3.39. The Kier molecular flexibility index (Phi) is 4.63. The highest BCUT2D eigenvalue weighted by atomic mass is 35.5. The molecule has 0 N–H and O–H groups in total. The van der Waals surface area contributed by atoms with Gasteiger partial charge in [-0.15, -0.1) is 0 Å². The van der Waals surface area contributed by atoms with Crippen molar-refractivity contribution in [2.75, 3.05) is 26.2 Å². The van der Waals surface area contributed by atoms with E-state index in [2.05, 4.69) is 0 Å². The van der Waals surface area contributed by atoms with Gasteiger partial charge in [-0.25, -0.2) is 4.39 Å². The maximum atomic E-state index is 13.1. The molecule has 1 fully saturated rings. The molecule has 2 aromatic rings. The lowest BCUT2D eigenvalue weighted by atomic mass is 10.1. The fourth-order valence-electron chi connectivity index (χ4n) is 2.51. The number of benzene rings is 1. The second-order valence-electron chi connectivity index (χ2n) is 5.22. The molecule has 1 aliphatic heterocycles. The lowest BCUT2D eigenvalue weighted by molar-refractivity contribution is 0.0536. The summed E-state index contributed by atoms with van der Waals surface area (Å²) in [4.78, 5) is 28.1. The van der Waals surface area contributed by atoms with Gasteiger partial charge in [0, 0.05) is 31.6 Å². The summed E-state index contributed by atoms with van der Waals surface area (Å²) in [6, 6.07) is 5.53. The summed E-state index contributed by atoms with van der Waals surface area (Å²) in [7, 11) is 0. The number of rotatable bonds is 2. The zero-order valence-corrected chi connectivity index (χ0v) is 13.7. The normalized spacial score (nSPS) is 14.9. The number of nitrogens with zero attached hydrogens (tertiary/aromatic N) is 2. The Bertz CT molecular complexity index is 728. The van der Waals surface area contributed by atoms with Crippen LogP contribution in [0.1, 0.15) is 20.7 Å². The van der Waals surface area contributed by atoms with Crippen molar-refractivity contribution >= 4 is 34.8 Å². The predicted molar refractivity (Wildman–Crippen MR) is 87.5 cm³/mol. The minimum atomic E-state index is -0.474. The third kappa shape index (κ3) is 3.38. The number of piperazine rings is 1. The quantitative estimate of drug-likeness (QED) is 0.833. The van der Waals surface area contributed by atoms with Gasteiger partial charge in [-0.2, -0.15) is 11.3 Å². The molecule has 0 spiro atoms. The third-order valence-corrected chi connectivity index (χ3v) is 4.78. The average molecular weight is 353 g/mol. The highest BCUT2D eigenvalue weighted by Crippen LogP contribution is 2.20. The van der Waals surface area contributed by atoms with Crippen LogP contribution >= 0.6 is 22.9 Å². The van der Waals surface area contributed by atoms with Crippen LogP contribution in [0.25, 0.3) is 0 Å². The Morgan fingerprint density at radius 3 is 2.26 bits per heavy atom. The largest absolute Gasteiger partial charge is 0.335 e. The van der Waals surface area contributed by atoms with Crippen LogP contribution in [0, 0.1) is 5.82 Å². The molecule has 3 rings (SSSR count). The van der Waals surface area contributed by atoms with Crippen LogP contribution in [0.15, 0.2) is 35.0 Å². The highest BCUT2D eigenvalue weighted by Gasteiger charge is 2.26. The zero-order valence-electron chi connectivity index (χ0n) is 12.2. The van der Waals surface area contributed by atoms with Gasteiger partial charge in [-0.05, 0) is 29.6 Å². The van der Waals surface area contributed by atoms with Crippen molar-refractivity contribution in [3.8, 4) is 0 Å². The summed E-state index contributed by atoms with van der Waals surface area (Å²) in [5.41, 5.74) is 0.960. The van der Waals surface area contributed by atoms with E-state index in [0.29, 0.717) is 31.7 Å². The number of hydrogen-bond donors (Lipinski definition) is 0. The first-order valence-electron chi connectivity index (χ1n) is 7.12. The lowest BCUT2D eigenvalue weighted by Crippen LogP contribution is -2.50. The van der Waals surface area contributed by atoms with Gasteiger partial charge >= 0.3 is 0 Å². The minimum Gasteiger partial charge on any atom is -0.335 e. The second-order valence-corrected chi connectivity index (χ2v) is 6.41. The van der Waals surface area contributed by atoms with E-state index < -0.39 is 5.82 Å². The Hall–Kier alpha value is -1.92. The number of hydrogen-bond acceptors (Lipinski definition) is 3. The second kappa shape index (κ2) is 6.68. The van der Waals surface area contributed by atoms with Gasteiger partial charge in [0.05, 0.1) is 16.1 Å². The van der Waals surface area contributed by atoms with Crippen LogP contribution in [0.3, 0.4) is 0 Å². The van der Waals surface area contributed by atoms with Crippen molar-refractivity contribution in [3.05, 3.63) is 57.0 Å². The van der Waals surface area contributed by atoms with Crippen LogP contribution in [-0.2, 0) is 0 Å². The van der Waals surface area contributed by atoms with Crippen LogP contribution in [-0.4, -0.2) is 47.8 Å². The number of carbonyl (C=O) groups is 2. The van der Waals surface area contributed by atoms with E-state index in [0.717, 1.165) is 6.07 Å². The monoisotopic (exact) mass is 352 g/mol. The summed E-state index contributed by atoms with van der Waals surface area (Å²) in [5, 5.41) is 3.79. The summed E-state index contributed by atoms with van der Waals surface area (Å²) in [6.07, 6.45) is 0. The van der Waals surface area contributed by atoms with Gasteiger partial charge in [0.25, 0.3) is 11.8 Å². The van der Waals surface area contributed by atoms with Crippen molar-refractivity contribution < 1.29 is 14.0 Å². The van der Waals surface area contributed by atoms with Crippen molar-refractivity contribution in [1.82, 2.24) is 9.80 Å². The van der Waals surface area contributed by atoms with E-state index in [9.17, 15) is 14.0 Å². The topological polar surface area (TPSA) is 40.6 Å². The molecule has 1 aromatic heterocycles. The maximum absolute atomic E-state index is 13.1. The van der Waals surface area contributed by atoms with Crippen LogP contribution < -0.4 is 0 Å². The van der Waals surface area contributed by atoms with Crippen molar-refractivity contribution in [3.63, 3.8) is 0 Å². The summed E-state index contributed by atoms with van der Waals surface area (Å²) >= 11 is 7.42. The molecule has 4 nitrogen and oxygen atoms in total. The van der Waals surface area contributed by atoms with Crippen LogP contribution in [0.5, 0.6) is 0 Å². The van der Waals surface area contributed by atoms with Crippen LogP contribution in [0.4, 0.5) is 4.39 Å². The molecule has 23 heavy (non-hydrogen) atoms. The Balaban J connectivity index is 1.64. The van der Waals surface area contributed by atoms with Gasteiger partial charge in [0.1, 0.15) is 5.82 Å². The third-order valence-electron chi connectivity index (χ3n) is 3.78. The summed E-state index contributed by atoms with van der Waals surface area (Å²) < 4.78 is 13.1. The van der Waals surface area contributed by atoms with Gasteiger partial charge in [0.2, 0.25) is 0 Å². The molecule has 1 aliphatic rings. The minimum absolute atomic E-state index is 0.0156. The van der Waals surface area contributed by atoms with Gasteiger partial charge in [-0.1, -0.05) is 11.6 Å². The molecule has 120 valence electrons. The SMILES string of the molecule is O=C(c1ccsc1)N1CCN(C(=O)c2ccc(F)cc2Cl)CC1. The smallest absolute Gasteiger partial charge is 0.255 e. The molecular weight excluding hydrogens is 339 g/mol. The summed E-state index contributed by atoms with van der Waals surface area (Å²) in [5.74, 6) is -0.728. The number of amides is 2. The molecule has 1 saturated heterocycles. The van der Waals surface area contributed by atoms with Gasteiger partial charge in [-0.3, -0.25) is 9.59 Å². The first-order valence-corrected chi connectivity index (χ1v) is 8.44. The van der Waals surface area contributed by atoms with E-state index >= 15 is 0 Å². The molecule has 7 heteroatoms. The Labute approximate surface area is 142 Å². The van der Waals surface area contributed by atoms with Crippen molar-refractivity contribution in [2.24, 2.45) is 0 Å². The number of carbonyl (C=O) groups excluding carboxylic acids is 2. The van der Waals surface area contributed by atoms with E-state index in [4.69, 9.17) is 11.6 Å². The van der Waals surface area contributed by atoms with Crippen LogP contribution in [0.2, 0.25) is 5.02 Å². The molecule has 0 atom stereocenters. The van der Waals surface area contributed by atoms with Crippen molar-refractivity contribution in [1.29, 1.82) is 0 Å². The lowest BCUT2D eigenvalue weighted by Gasteiger charge is -2.34. The van der Waals surface area contributed by atoms with E-state index in [-0.39, 0.29) is 22.4 Å². The first-order chi connectivity index (χ1) is 11.1. The molecule has 0 radical (unpaired) electrons. The van der Waals surface area contributed by atoms with E-state index in [1.807, 2.05) is 10.8 Å². The average Bonchev–Trinajstić information content (AvgIpc) is 3.08. The molecule has 0 bridgehead atoms. The zero-order chi connectivity index (χ0) is 16.4. The predicted octanol–water partition coefficient (Wildman–Crippen LogP) is 3.14. The molecule has 1 aromatic carbocycles. The molecule has 2 amide bonds. The number of thiophene rings is 1. The highest BCUT2D eigenvalue weighted by molar-refractivity contribution is 7.08. The van der Waals surface area contributed by atoms with E-state index in [1.165, 1.54) is 23.5 Å². The van der Waals surface area contributed by atoms with Gasteiger partial charge in [0.15, 0.2) is 0 Å². The standard InChI is InChI=1S/C16H14ClFN2O2S/c17-14-9-12(18)1-2-13(14)16(22)20-6-4-19(5-7-20)15(21)11-3-8-23-10-11/h1-3,8-10H,4-7H2.